The van der Waals surface area contributed by atoms with E-state index in [1.165, 1.54) is 18.2 Å². The van der Waals surface area contributed by atoms with E-state index in [1.54, 1.807) is 6.07 Å². The van der Waals surface area contributed by atoms with Gasteiger partial charge >= 0.3 is 0 Å². The van der Waals surface area contributed by atoms with Crippen molar-refractivity contribution in [3.05, 3.63) is 50.5 Å². The molecule has 0 bridgehead atoms. The van der Waals surface area contributed by atoms with E-state index >= 15 is 0 Å². The number of non-ortho nitro benzene ring substituents is 1. The maximum atomic E-state index is 10.9. The minimum atomic E-state index is -0.876. The summed E-state index contributed by atoms with van der Waals surface area (Å²) in [7, 11) is 0. The number of rotatable bonds is 2. The van der Waals surface area contributed by atoms with Crippen molar-refractivity contribution < 1.29 is 4.92 Å². The summed E-state index contributed by atoms with van der Waals surface area (Å²) >= 11 is 0.877. The van der Waals surface area contributed by atoms with Gasteiger partial charge in [0.2, 0.25) is 0 Å². The number of thioether (sulfide) groups is 1. The molecule has 2 rings (SSSR count). The standard InChI is InChI=1S/C13H9N5O2S/c14-5-9-11(10(6-15)13(17)21-12(9)16)7-2-1-3-8(4-7)18(19)20/h1-4,9,11,16H,17H2/t9-,11-/m1/s1. The Morgan fingerprint density at radius 2 is 2.14 bits per heavy atom. The Bertz CT molecular complexity index is 744. The molecule has 2 atom stereocenters. The van der Waals surface area contributed by atoms with Crippen LogP contribution in [0.1, 0.15) is 11.5 Å². The molecule has 0 unspecified atom stereocenters. The lowest BCUT2D eigenvalue weighted by molar-refractivity contribution is -0.384. The maximum absolute atomic E-state index is 10.9. The Morgan fingerprint density at radius 1 is 1.43 bits per heavy atom. The van der Waals surface area contributed by atoms with Crippen LogP contribution < -0.4 is 5.73 Å². The third-order valence-electron chi connectivity index (χ3n) is 3.11. The summed E-state index contributed by atoms with van der Waals surface area (Å²) < 4.78 is 0. The van der Waals surface area contributed by atoms with Gasteiger partial charge in [-0.1, -0.05) is 23.9 Å². The van der Waals surface area contributed by atoms with Crippen LogP contribution in [-0.4, -0.2) is 9.97 Å². The molecule has 1 aliphatic heterocycles. The lowest BCUT2D eigenvalue weighted by Crippen LogP contribution is -2.26. The summed E-state index contributed by atoms with van der Waals surface area (Å²) in [6, 6.07) is 9.64. The van der Waals surface area contributed by atoms with Gasteiger partial charge in [0.25, 0.3) is 5.69 Å². The Balaban J connectivity index is 2.62. The van der Waals surface area contributed by atoms with Crippen LogP contribution in [0.25, 0.3) is 0 Å². The topological polar surface area (TPSA) is 141 Å². The van der Waals surface area contributed by atoms with Crippen LogP contribution in [-0.2, 0) is 0 Å². The highest BCUT2D eigenvalue weighted by atomic mass is 32.2. The molecule has 21 heavy (non-hydrogen) atoms. The molecule has 8 heteroatoms. The summed E-state index contributed by atoms with van der Waals surface area (Å²) in [5, 5.41) is 37.4. The zero-order chi connectivity index (χ0) is 15.6. The maximum Gasteiger partial charge on any atom is 0.269 e. The normalized spacial score (nSPS) is 21.5. The van der Waals surface area contributed by atoms with Crippen molar-refractivity contribution in [3.63, 3.8) is 0 Å². The predicted octanol–water partition coefficient (Wildman–Crippen LogP) is 2.24. The smallest absolute Gasteiger partial charge is 0.269 e. The molecule has 0 aliphatic carbocycles. The summed E-state index contributed by atoms with van der Waals surface area (Å²) in [6.45, 7) is 0. The number of hydrogen-bond donors (Lipinski definition) is 2. The van der Waals surface area contributed by atoms with Gasteiger partial charge < -0.3 is 5.73 Å². The van der Waals surface area contributed by atoms with Crippen LogP contribution in [0.5, 0.6) is 0 Å². The SMILES string of the molecule is N#CC1=C(N)SC(=N)[C@H](C#N)[C@H]1c1cccc([N+](=O)[O-])c1. The van der Waals surface area contributed by atoms with Gasteiger partial charge in [0.05, 0.1) is 32.7 Å². The number of nitrogens with one attached hydrogen (secondary N) is 1. The molecular formula is C13H9N5O2S. The lowest BCUT2D eigenvalue weighted by Gasteiger charge is -2.27. The number of allylic oxidation sites excluding steroid dienone is 1. The minimum Gasteiger partial charge on any atom is -0.392 e. The molecular weight excluding hydrogens is 290 g/mol. The molecule has 7 nitrogen and oxygen atoms in total. The van der Waals surface area contributed by atoms with E-state index in [4.69, 9.17) is 11.1 Å². The minimum absolute atomic E-state index is 0.0329. The molecule has 0 radical (unpaired) electrons. The number of nitrogens with zero attached hydrogens (tertiary/aromatic N) is 3. The zero-order valence-corrected chi connectivity index (χ0v) is 11.4. The third kappa shape index (κ3) is 2.57. The van der Waals surface area contributed by atoms with Crippen molar-refractivity contribution in [2.24, 2.45) is 11.7 Å². The van der Waals surface area contributed by atoms with Gasteiger partial charge in [-0.05, 0) is 5.56 Å². The summed E-state index contributed by atoms with van der Waals surface area (Å²) in [5.41, 5.74) is 6.22. The van der Waals surface area contributed by atoms with Gasteiger partial charge in [0, 0.05) is 18.1 Å². The average molecular weight is 299 g/mol. The third-order valence-corrected chi connectivity index (χ3v) is 4.03. The second-order valence-corrected chi connectivity index (χ2v) is 5.38. The van der Waals surface area contributed by atoms with E-state index in [-0.39, 0.29) is 21.3 Å². The Morgan fingerprint density at radius 3 is 2.71 bits per heavy atom. The molecule has 104 valence electrons. The molecule has 0 saturated heterocycles. The summed E-state index contributed by atoms with van der Waals surface area (Å²) in [5.74, 6) is -1.63. The molecule has 0 aromatic heterocycles. The van der Waals surface area contributed by atoms with Crippen LogP contribution in [0.2, 0.25) is 0 Å². The first-order valence-corrected chi connectivity index (χ1v) is 6.61. The van der Waals surface area contributed by atoms with E-state index in [1.807, 2.05) is 12.1 Å². The fourth-order valence-electron chi connectivity index (χ4n) is 2.16. The second-order valence-electron chi connectivity index (χ2n) is 4.29. The molecule has 0 saturated carbocycles. The molecule has 1 aliphatic rings. The highest BCUT2D eigenvalue weighted by Crippen LogP contribution is 2.43. The summed E-state index contributed by atoms with van der Waals surface area (Å²) in [6.07, 6.45) is 0. The lowest BCUT2D eigenvalue weighted by atomic mass is 9.81. The van der Waals surface area contributed by atoms with Crippen molar-refractivity contribution in [2.75, 3.05) is 0 Å². The fraction of sp³-hybridized carbons (Fsp3) is 0.154. The van der Waals surface area contributed by atoms with Crippen molar-refractivity contribution in [2.45, 2.75) is 5.92 Å². The first kappa shape index (κ1) is 14.6. The van der Waals surface area contributed by atoms with Gasteiger partial charge in [-0.25, -0.2) is 0 Å². The van der Waals surface area contributed by atoms with Gasteiger partial charge in [0.15, 0.2) is 0 Å². The van der Waals surface area contributed by atoms with Crippen molar-refractivity contribution in [1.82, 2.24) is 0 Å². The number of nitriles is 2. The van der Waals surface area contributed by atoms with Crippen molar-refractivity contribution >= 4 is 22.5 Å². The first-order valence-electron chi connectivity index (χ1n) is 5.79. The molecule has 1 aromatic rings. The molecule has 0 amide bonds. The second kappa shape index (κ2) is 5.65. The fourth-order valence-corrected chi connectivity index (χ4v) is 2.99. The number of nitrogens with two attached hydrogens (primary N) is 1. The van der Waals surface area contributed by atoms with Gasteiger partial charge in [-0.15, -0.1) is 0 Å². The first-order chi connectivity index (χ1) is 9.99. The highest BCUT2D eigenvalue weighted by Gasteiger charge is 2.37. The molecule has 3 N–H and O–H groups in total. The number of benzene rings is 1. The quantitative estimate of drug-likeness (QED) is 0.633. The largest absolute Gasteiger partial charge is 0.392 e. The van der Waals surface area contributed by atoms with E-state index in [0.717, 1.165) is 11.8 Å². The van der Waals surface area contributed by atoms with Crippen molar-refractivity contribution in [1.29, 1.82) is 15.9 Å². The van der Waals surface area contributed by atoms with Gasteiger partial charge in [0.1, 0.15) is 5.92 Å². The number of nitro benzene ring substituents is 1. The van der Waals surface area contributed by atoms with Crippen LogP contribution in [0.3, 0.4) is 0 Å². The zero-order valence-electron chi connectivity index (χ0n) is 10.6. The predicted molar refractivity (Wildman–Crippen MR) is 77.1 cm³/mol. The molecule has 1 heterocycles. The Kier molecular flexibility index (Phi) is 3.92. The monoisotopic (exact) mass is 299 g/mol. The number of hydrogen-bond acceptors (Lipinski definition) is 7. The summed E-state index contributed by atoms with van der Waals surface area (Å²) in [4.78, 5) is 10.3. The van der Waals surface area contributed by atoms with E-state index in [2.05, 4.69) is 0 Å². The highest BCUT2D eigenvalue weighted by molar-refractivity contribution is 8.17. The van der Waals surface area contributed by atoms with Crippen LogP contribution >= 0.6 is 11.8 Å². The van der Waals surface area contributed by atoms with E-state index in [0.29, 0.717) is 5.56 Å². The van der Waals surface area contributed by atoms with Gasteiger partial charge in [-0.3, -0.25) is 15.5 Å². The van der Waals surface area contributed by atoms with Crippen LogP contribution in [0, 0.1) is 44.1 Å². The van der Waals surface area contributed by atoms with Gasteiger partial charge in [-0.2, -0.15) is 10.5 Å². The van der Waals surface area contributed by atoms with E-state index < -0.39 is 16.8 Å². The molecule has 0 fully saturated rings. The molecule has 1 aromatic carbocycles. The van der Waals surface area contributed by atoms with Crippen molar-refractivity contribution in [3.8, 4) is 12.1 Å². The van der Waals surface area contributed by atoms with E-state index in [9.17, 15) is 20.6 Å². The average Bonchev–Trinajstić information content (AvgIpc) is 2.46. The Hall–Kier alpha value is -2.84. The number of nitro groups is 1. The molecule has 0 spiro atoms. The van der Waals surface area contributed by atoms with Crippen LogP contribution in [0.4, 0.5) is 5.69 Å². The Labute approximate surface area is 124 Å². The van der Waals surface area contributed by atoms with Crippen LogP contribution in [0.15, 0.2) is 34.9 Å².